The van der Waals surface area contributed by atoms with Crippen LogP contribution < -0.4 is 11.1 Å². The minimum Gasteiger partial charge on any atom is -0.365 e. The number of hydrogen-bond acceptors (Lipinski definition) is 6. The highest BCUT2D eigenvalue weighted by Crippen LogP contribution is 2.37. The van der Waals surface area contributed by atoms with E-state index in [4.69, 9.17) is 5.73 Å². The molecule has 1 aliphatic rings. The highest BCUT2D eigenvalue weighted by atomic mass is 35.5. The lowest BCUT2D eigenvalue weighted by atomic mass is 10.0. The van der Waals surface area contributed by atoms with Crippen molar-refractivity contribution >= 4 is 50.4 Å². The molecule has 29 heavy (non-hydrogen) atoms. The average molecular weight is 458 g/mol. The van der Waals surface area contributed by atoms with Gasteiger partial charge in [0, 0.05) is 24.4 Å². The summed E-state index contributed by atoms with van der Waals surface area (Å²) in [5.41, 5.74) is 6.81. The molecule has 0 saturated heterocycles. The molecule has 0 radical (unpaired) electrons. The second-order valence-corrected chi connectivity index (χ2v) is 9.84. The van der Waals surface area contributed by atoms with Crippen LogP contribution >= 0.6 is 23.7 Å². The maximum atomic E-state index is 12.4. The van der Waals surface area contributed by atoms with Gasteiger partial charge in [0.25, 0.3) is 5.91 Å². The average Bonchev–Trinajstić information content (AvgIpc) is 3.04. The van der Waals surface area contributed by atoms with Crippen LogP contribution in [0.25, 0.3) is 0 Å². The van der Waals surface area contributed by atoms with Crippen molar-refractivity contribution in [3.8, 4) is 0 Å². The first-order valence-electron chi connectivity index (χ1n) is 9.06. The van der Waals surface area contributed by atoms with Crippen LogP contribution in [-0.4, -0.2) is 44.0 Å². The molecule has 0 bridgehead atoms. The van der Waals surface area contributed by atoms with Crippen LogP contribution in [0.15, 0.2) is 35.2 Å². The molecule has 158 valence electrons. The molecule has 0 saturated carbocycles. The third-order valence-electron chi connectivity index (χ3n) is 4.78. The molecule has 1 aromatic heterocycles. The van der Waals surface area contributed by atoms with Crippen LogP contribution in [-0.2, 0) is 27.6 Å². The predicted molar refractivity (Wildman–Crippen MR) is 116 cm³/mol. The summed E-state index contributed by atoms with van der Waals surface area (Å²) in [6.45, 7) is 4.53. The van der Waals surface area contributed by atoms with Gasteiger partial charge < -0.3 is 11.1 Å². The Morgan fingerprint density at radius 2 is 1.93 bits per heavy atom. The van der Waals surface area contributed by atoms with Gasteiger partial charge in [-0.05, 0) is 30.7 Å². The van der Waals surface area contributed by atoms with Crippen molar-refractivity contribution in [2.45, 2.75) is 31.2 Å². The van der Waals surface area contributed by atoms with E-state index < -0.39 is 21.7 Å². The summed E-state index contributed by atoms with van der Waals surface area (Å²) in [5.74, 6) is -1.33. The number of rotatable bonds is 7. The molecule has 7 nitrogen and oxygen atoms in total. The number of thiophene rings is 1. The monoisotopic (exact) mass is 457 g/mol. The van der Waals surface area contributed by atoms with Crippen molar-refractivity contribution in [3.63, 3.8) is 0 Å². The van der Waals surface area contributed by atoms with E-state index in [1.165, 1.54) is 23.5 Å². The molecule has 0 spiro atoms. The van der Waals surface area contributed by atoms with Gasteiger partial charge in [0.05, 0.1) is 16.2 Å². The van der Waals surface area contributed by atoms with Crippen molar-refractivity contribution in [2.24, 2.45) is 5.73 Å². The zero-order chi connectivity index (χ0) is 20.3. The number of carbonyl (C=O) groups is 2. The summed E-state index contributed by atoms with van der Waals surface area (Å²) in [6, 6.07) is 8.02. The second kappa shape index (κ2) is 9.71. The Hall–Kier alpha value is -1.94. The molecule has 0 atom stereocenters. The molecule has 1 aliphatic heterocycles. The third kappa shape index (κ3) is 5.36. The molecule has 0 fully saturated rings. The largest absolute Gasteiger partial charge is 0.365 e. The van der Waals surface area contributed by atoms with E-state index in [-0.39, 0.29) is 29.5 Å². The van der Waals surface area contributed by atoms with E-state index in [0.717, 1.165) is 30.1 Å². The maximum Gasteiger partial charge on any atom is 0.251 e. The molecule has 2 aromatic rings. The number of anilines is 1. The third-order valence-corrected chi connectivity index (χ3v) is 7.65. The molecule has 3 N–H and O–H groups in total. The Bertz CT molecular complexity index is 990. The van der Waals surface area contributed by atoms with E-state index in [9.17, 15) is 18.0 Å². The Kier molecular flexibility index (Phi) is 7.81. The number of amides is 2. The van der Waals surface area contributed by atoms with Crippen LogP contribution in [0.3, 0.4) is 0 Å². The summed E-state index contributed by atoms with van der Waals surface area (Å²) < 4.78 is 24.7. The van der Waals surface area contributed by atoms with Crippen molar-refractivity contribution in [1.29, 1.82) is 0 Å². The normalized spacial score (nSPS) is 14.0. The minimum absolute atomic E-state index is 0. The van der Waals surface area contributed by atoms with Gasteiger partial charge in [-0.15, -0.1) is 23.7 Å². The summed E-state index contributed by atoms with van der Waals surface area (Å²) in [4.78, 5) is 27.8. The number of fused-ring (bicyclic) bond motifs is 1. The van der Waals surface area contributed by atoms with Crippen LogP contribution in [0.2, 0.25) is 0 Å². The first-order valence-corrected chi connectivity index (χ1v) is 11.5. The molecular formula is C19H24ClN3O4S2. The van der Waals surface area contributed by atoms with E-state index in [0.29, 0.717) is 17.0 Å². The van der Waals surface area contributed by atoms with Crippen molar-refractivity contribution in [3.05, 3.63) is 46.3 Å². The Labute approximate surface area is 180 Å². The summed E-state index contributed by atoms with van der Waals surface area (Å²) in [7, 11) is -3.54. The number of likely N-dealkylation sites (N-methyl/N-ethyl adjacent to an activating group) is 1. The van der Waals surface area contributed by atoms with Gasteiger partial charge in [-0.25, -0.2) is 8.42 Å². The van der Waals surface area contributed by atoms with E-state index in [2.05, 4.69) is 17.1 Å². The number of sulfone groups is 1. The number of hydrogen-bond donors (Lipinski definition) is 2. The van der Waals surface area contributed by atoms with Crippen LogP contribution in [0.4, 0.5) is 5.00 Å². The topological polar surface area (TPSA) is 110 Å². The van der Waals surface area contributed by atoms with Gasteiger partial charge in [0.1, 0.15) is 5.00 Å². The molecule has 10 heteroatoms. The zero-order valence-electron chi connectivity index (χ0n) is 16.0. The Morgan fingerprint density at radius 1 is 1.24 bits per heavy atom. The standard InChI is InChI=1S/C19H23N3O4S2.ClH/c1-2-22-10-8-14-15(12-22)27-19(17(14)18(20)24)21-16(23)9-11-28(25,26)13-6-4-3-5-7-13;/h3-7H,2,8-12H2,1H3,(H2,20,24)(H,21,23);1H. The van der Waals surface area contributed by atoms with Gasteiger partial charge in [-0.1, -0.05) is 25.1 Å². The van der Waals surface area contributed by atoms with E-state index >= 15 is 0 Å². The molecule has 3 rings (SSSR count). The molecule has 0 aliphatic carbocycles. The molecule has 0 unspecified atom stereocenters. The van der Waals surface area contributed by atoms with E-state index in [1.54, 1.807) is 18.2 Å². The van der Waals surface area contributed by atoms with Gasteiger partial charge >= 0.3 is 0 Å². The van der Waals surface area contributed by atoms with E-state index in [1.807, 2.05) is 0 Å². The molecular weight excluding hydrogens is 434 g/mol. The summed E-state index contributed by atoms with van der Waals surface area (Å²) in [5, 5.41) is 3.12. The number of nitrogens with zero attached hydrogens (tertiary/aromatic N) is 1. The lowest BCUT2D eigenvalue weighted by molar-refractivity contribution is -0.115. The first kappa shape index (κ1) is 23.3. The predicted octanol–water partition coefficient (Wildman–Crippen LogP) is 2.45. The van der Waals surface area contributed by atoms with Gasteiger partial charge in [-0.2, -0.15) is 0 Å². The van der Waals surface area contributed by atoms with Gasteiger partial charge in [0.2, 0.25) is 5.91 Å². The van der Waals surface area contributed by atoms with Crippen LogP contribution in [0.1, 0.15) is 34.1 Å². The number of primary amides is 1. The Morgan fingerprint density at radius 3 is 2.55 bits per heavy atom. The van der Waals surface area contributed by atoms with Crippen molar-refractivity contribution in [1.82, 2.24) is 4.90 Å². The Balaban J connectivity index is 0.00000300. The smallest absolute Gasteiger partial charge is 0.251 e. The minimum atomic E-state index is -3.54. The van der Waals surface area contributed by atoms with Crippen LogP contribution in [0, 0.1) is 0 Å². The van der Waals surface area contributed by atoms with Gasteiger partial charge in [0.15, 0.2) is 9.84 Å². The highest BCUT2D eigenvalue weighted by molar-refractivity contribution is 7.91. The summed E-state index contributed by atoms with van der Waals surface area (Å²) >= 11 is 1.34. The number of benzene rings is 1. The number of carbonyl (C=O) groups excluding carboxylic acids is 2. The fourth-order valence-electron chi connectivity index (χ4n) is 3.24. The highest BCUT2D eigenvalue weighted by Gasteiger charge is 2.27. The fraction of sp³-hybridized carbons (Fsp3) is 0.368. The fourth-order valence-corrected chi connectivity index (χ4v) is 5.81. The number of nitrogens with two attached hydrogens (primary N) is 1. The zero-order valence-corrected chi connectivity index (χ0v) is 18.5. The van der Waals surface area contributed by atoms with Gasteiger partial charge in [-0.3, -0.25) is 14.5 Å². The van der Waals surface area contributed by atoms with Crippen molar-refractivity contribution < 1.29 is 18.0 Å². The molecule has 2 amide bonds. The lowest BCUT2D eigenvalue weighted by Gasteiger charge is -2.25. The van der Waals surface area contributed by atoms with Crippen LogP contribution in [0.5, 0.6) is 0 Å². The SMILES string of the molecule is CCN1CCc2c(sc(NC(=O)CCS(=O)(=O)c3ccccc3)c2C(N)=O)C1.Cl. The second-order valence-electron chi connectivity index (χ2n) is 6.62. The molecule has 1 aromatic carbocycles. The number of halogens is 1. The van der Waals surface area contributed by atoms with Crippen molar-refractivity contribution in [2.75, 3.05) is 24.2 Å². The summed E-state index contributed by atoms with van der Waals surface area (Å²) in [6.07, 6.45) is 0.509. The molecule has 2 heterocycles. The maximum absolute atomic E-state index is 12.4. The quantitative estimate of drug-likeness (QED) is 0.663. The first-order chi connectivity index (χ1) is 13.3. The lowest BCUT2D eigenvalue weighted by Crippen LogP contribution is -2.30. The number of nitrogens with one attached hydrogen (secondary N) is 1.